The molecule has 16 heavy (non-hydrogen) atoms. The van der Waals surface area contributed by atoms with Gasteiger partial charge in [0.25, 0.3) is 0 Å². The first kappa shape index (κ1) is 13.2. The standard InChI is InChI=1S/C11H18N4.ClH/c1-9-5-7-13-11(14-9)15(2)10-4-3-6-12-8-10;/h5,7,10,12H,3-4,6,8H2,1-2H3;1H. The molecule has 1 aliphatic heterocycles. The van der Waals surface area contributed by atoms with Crippen molar-refractivity contribution in [3.05, 3.63) is 18.0 Å². The molecule has 1 aromatic heterocycles. The summed E-state index contributed by atoms with van der Waals surface area (Å²) >= 11 is 0. The van der Waals surface area contributed by atoms with E-state index in [2.05, 4.69) is 27.2 Å². The highest BCUT2D eigenvalue weighted by Gasteiger charge is 2.19. The van der Waals surface area contributed by atoms with E-state index in [-0.39, 0.29) is 12.4 Å². The number of nitrogens with one attached hydrogen (secondary N) is 1. The molecule has 1 aliphatic rings. The molecule has 0 aromatic carbocycles. The summed E-state index contributed by atoms with van der Waals surface area (Å²) in [6, 6.07) is 2.46. The van der Waals surface area contributed by atoms with Gasteiger partial charge in [-0.15, -0.1) is 12.4 Å². The number of halogens is 1. The van der Waals surface area contributed by atoms with E-state index >= 15 is 0 Å². The van der Waals surface area contributed by atoms with Crippen molar-refractivity contribution in [2.75, 3.05) is 25.0 Å². The molecule has 1 atom stereocenters. The second-order valence-electron chi connectivity index (χ2n) is 4.11. The number of aryl methyl sites for hydroxylation is 1. The molecule has 0 radical (unpaired) electrons. The molecule has 0 aliphatic carbocycles. The molecular formula is C11H19ClN4. The average Bonchev–Trinajstić information content (AvgIpc) is 2.29. The van der Waals surface area contributed by atoms with Crippen LogP contribution in [0.3, 0.4) is 0 Å². The number of aromatic nitrogens is 2. The fraction of sp³-hybridized carbons (Fsp3) is 0.636. The number of rotatable bonds is 2. The predicted molar refractivity (Wildman–Crippen MR) is 68.3 cm³/mol. The molecule has 1 fully saturated rings. The van der Waals surface area contributed by atoms with Gasteiger partial charge in [0.15, 0.2) is 0 Å². The number of nitrogens with zero attached hydrogens (tertiary/aromatic N) is 3. The second-order valence-corrected chi connectivity index (χ2v) is 4.11. The molecule has 2 heterocycles. The normalized spacial score (nSPS) is 20.0. The number of anilines is 1. The van der Waals surface area contributed by atoms with Crippen molar-refractivity contribution in [2.24, 2.45) is 0 Å². The zero-order valence-corrected chi connectivity index (χ0v) is 10.6. The van der Waals surface area contributed by atoms with Crippen LogP contribution in [0.5, 0.6) is 0 Å². The molecule has 1 N–H and O–H groups in total. The molecule has 1 aromatic rings. The first-order valence-corrected chi connectivity index (χ1v) is 5.50. The van der Waals surface area contributed by atoms with Crippen molar-refractivity contribution in [2.45, 2.75) is 25.8 Å². The van der Waals surface area contributed by atoms with Crippen molar-refractivity contribution in [1.29, 1.82) is 0 Å². The highest BCUT2D eigenvalue weighted by molar-refractivity contribution is 5.85. The lowest BCUT2D eigenvalue weighted by Gasteiger charge is -2.31. The third-order valence-electron chi connectivity index (χ3n) is 2.92. The van der Waals surface area contributed by atoms with Gasteiger partial charge in [0.2, 0.25) is 5.95 Å². The van der Waals surface area contributed by atoms with Gasteiger partial charge in [-0.1, -0.05) is 0 Å². The number of hydrogen-bond donors (Lipinski definition) is 1. The Morgan fingerprint density at radius 1 is 1.50 bits per heavy atom. The van der Waals surface area contributed by atoms with Gasteiger partial charge in [0.1, 0.15) is 0 Å². The van der Waals surface area contributed by atoms with Crippen molar-refractivity contribution in [3.8, 4) is 0 Å². The Morgan fingerprint density at radius 2 is 2.31 bits per heavy atom. The van der Waals surface area contributed by atoms with Crippen molar-refractivity contribution >= 4 is 18.4 Å². The zero-order valence-electron chi connectivity index (χ0n) is 9.81. The number of piperidine rings is 1. The molecule has 4 nitrogen and oxygen atoms in total. The summed E-state index contributed by atoms with van der Waals surface area (Å²) in [6.45, 7) is 4.17. The first-order chi connectivity index (χ1) is 7.27. The minimum atomic E-state index is 0. The van der Waals surface area contributed by atoms with Crippen molar-refractivity contribution < 1.29 is 0 Å². The van der Waals surface area contributed by atoms with Gasteiger partial charge in [-0.25, -0.2) is 9.97 Å². The van der Waals surface area contributed by atoms with Crippen LogP contribution in [0.4, 0.5) is 5.95 Å². The molecule has 0 bridgehead atoms. The Kier molecular flexibility index (Phi) is 4.96. The lowest BCUT2D eigenvalue weighted by Crippen LogP contribution is -2.44. The van der Waals surface area contributed by atoms with Crippen LogP contribution in [0.15, 0.2) is 12.3 Å². The van der Waals surface area contributed by atoms with Crippen LogP contribution in [0.25, 0.3) is 0 Å². The van der Waals surface area contributed by atoms with Crippen molar-refractivity contribution in [1.82, 2.24) is 15.3 Å². The third kappa shape index (κ3) is 3.06. The van der Waals surface area contributed by atoms with Crippen LogP contribution < -0.4 is 10.2 Å². The van der Waals surface area contributed by atoms with E-state index < -0.39 is 0 Å². The fourth-order valence-electron chi connectivity index (χ4n) is 1.93. The molecule has 2 rings (SSSR count). The van der Waals surface area contributed by atoms with Crippen LogP contribution >= 0.6 is 12.4 Å². The van der Waals surface area contributed by atoms with Gasteiger partial charge in [0, 0.05) is 31.5 Å². The maximum absolute atomic E-state index is 4.44. The van der Waals surface area contributed by atoms with Gasteiger partial charge < -0.3 is 10.2 Å². The van der Waals surface area contributed by atoms with E-state index in [1.54, 1.807) is 0 Å². The quantitative estimate of drug-likeness (QED) is 0.851. The zero-order chi connectivity index (χ0) is 10.7. The summed E-state index contributed by atoms with van der Waals surface area (Å²) in [4.78, 5) is 10.9. The largest absolute Gasteiger partial charge is 0.340 e. The third-order valence-corrected chi connectivity index (χ3v) is 2.92. The Labute approximate surface area is 103 Å². The van der Waals surface area contributed by atoms with E-state index in [0.717, 1.165) is 24.7 Å². The lowest BCUT2D eigenvalue weighted by molar-refractivity contribution is 0.441. The van der Waals surface area contributed by atoms with Crippen LogP contribution in [-0.2, 0) is 0 Å². The highest BCUT2D eigenvalue weighted by atomic mass is 35.5. The Morgan fingerprint density at radius 3 is 2.94 bits per heavy atom. The minimum Gasteiger partial charge on any atom is -0.340 e. The van der Waals surface area contributed by atoms with Crippen LogP contribution in [0, 0.1) is 6.92 Å². The monoisotopic (exact) mass is 242 g/mol. The number of hydrogen-bond acceptors (Lipinski definition) is 4. The van der Waals surface area contributed by atoms with Gasteiger partial charge in [-0.3, -0.25) is 0 Å². The Balaban J connectivity index is 0.00000128. The summed E-state index contributed by atoms with van der Waals surface area (Å²) in [5.41, 5.74) is 1.02. The highest BCUT2D eigenvalue weighted by Crippen LogP contribution is 2.14. The molecule has 0 saturated carbocycles. The maximum Gasteiger partial charge on any atom is 0.225 e. The molecule has 0 amide bonds. The Hall–Kier alpha value is -0.870. The first-order valence-electron chi connectivity index (χ1n) is 5.50. The molecule has 0 spiro atoms. The van der Waals surface area contributed by atoms with Crippen LogP contribution in [0.1, 0.15) is 18.5 Å². The number of likely N-dealkylation sites (N-methyl/N-ethyl adjacent to an activating group) is 1. The fourth-order valence-corrected chi connectivity index (χ4v) is 1.93. The predicted octanol–water partition coefficient (Wildman–Crippen LogP) is 1.40. The summed E-state index contributed by atoms with van der Waals surface area (Å²) in [7, 11) is 2.08. The average molecular weight is 243 g/mol. The summed E-state index contributed by atoms with van der Waals surface area (Å²) in [5.74, 6) is 0.837. The summed E-state index contributed by atoms with van der Waals surface area (Å²) in [5, 5.41) is 3.40. The second kappa shape index (κ2) is 6.01. The van der Waals surface area contributed by atoms with E-state index in [9.17, 15) is 0 Å². The topological polar surface area (TPSA) is 41.1 Å². The summed E-state index contributed by atoms with van der Waals surface area (Å²) in [6.07, 6.45) is 4.28. The Bertz CT molecular complexity index is 326. The van der Waals surface area contributed by atoms with E-state index in [0.29, 0.717) is 6.04 Å². The van der Waals surface area contributed by atoms with E-state index in [1.807, 2.05) is 19.2 Å². The van der Waals surface area contributed by atoms with Gasteiger partial charge in [0.05, 0.1) is 0 Å². The van der Waals surface area contributed by atoms with Gasteiger partial charge in [-0.05, 0) is 32.4 Å². The van der Waals surface area contributed by atoms with Crippen molar-refractivity contribution in [3.63, 3.8) is 0 Å². The molecule has 1 saturated heterocycles. The van der Waals surface area contributed by atoms with Crippen LogP contribution in [0.2, 0.25) is 0 Å². The van der Waals surface area contributed by atoms with E-state index in [4.69, 9.17) is 0 Å². The summed E-state index contributed by atoms with van der Waals surface area (Å²) < 4.78 is 0. The maximum atomic E-state index is 4.44. The smallest absolute Gasteiger partial charge is 0.225 e. The molecular weight excluding hydrogens is 224 g/mol. The molecule has 90 valence electrons. The lowest BCUT2D eigenvalue weighted by atomic mass is 10.1. The minimum absolute atomic E-state index is 0. The van der Waals surface area contributed by atoms with E-state index in [1.165, 1.54) is 12.8 Å². The van der Waals surface area contributed by atoms with Gasteiger partial charge in [-0.2, -0.15) is 0 Å². The molecule has 5 heteroatoms. The molecule has 1 unspecified atom stereocenters. The van der Waals surface area contributed by atoms with Crippen LogP contribution in [-0.4, -0.2) is 36.1 Å². The SMILES string of the molecule is Cc1ccnc(N(C)C2CCCNC2)n1.Cl. The van der Waals surface area contributed by atoms with Gasteiger partial charge >= 0.3 is 0 Å².